The lowest BCUT2D eigenvalue weighted by Crippen LogP contribution is -2.44. The third-order valence-corrected chi connectivity index (χ3v) is 6.62. The lowest BCUT2D eigenvalue weighted by Gasteiger charge is -2.48. The van der Waals surface area contributed by atoms with Crippen molar-refractivity contribution in [3.63, 3.8) is 0 Å². The van der Waals surface area contributed by atoms with Crippen LogP contribution in [0.1, 0.15) is 53.4 Å². The molecule has 0 saturated heterocycles. The van der Waals surface area contributed by atoms with Crippen LogP contribution in [0.4, 0.5) is 0 Å². The van der Waals surface area contributed by atoms with Crippen LogP contribution in [0.2, 0.25) is 0 Å². The van der Waals surface area contributed by atoms with Gasteiger partial charge in [0.25, 0.3) is 0 Å². The molecule has 5 nitrogen and oxygen atoms in total. The lowest BCUT2D eigenvalue weighted by molar-refractivity contribution is -0.137. The van der Waals surface area contributed by atoms with E-state index >= 15 is 0 Å². The van der Waals surface area contributed by atoms with Crippen LogP contribution < -0.4 is 10.4 Å². The molecule has 1 aromatic heterocycles. The van der Waals surface area contributed by atoms with Crippen LogP contribution in [0.25, 0.3) is 11.0 Å². The quantitative estimate of drug-likeness (QED) is 0.519. The van der Waals surface area contributed by atoms with Crippen molar-refractivity contribution >= 4 is 16.9 Å². The Morgan fingerprint density at radius 3 is 2.69 bits per heavy atom. The largest absolute Gasteiger partial charge is 0.493 e. The zero-order valence-electron chi connectivity index (χ0n) is 17.7. The van der Waals surface area contributed by atoms with Gasteiger partial charge in [0.2, 0.25) is 0 Å². The van der Waals surface area contributed by atoms with Crippen LogP contribution in [0, 0.1) is 17.3 Å². The Labute approximate surface area is 171 Å². The highest BCUT2D eigenvalue weighted by molar-refractivity contribution is 5.77. The maximum atomic E-state index is 11.5. The minimum Gasteiger partial charge on any atom is -0.493 e. The summed E-state index contributed by atoms with van der Waals surface area (Å²) < 4.78 is 11.5. The van der Waals surface area contributed by atoms with Gasteiger partial charge in [-0.15, -0.1) is 0 Å². The SMILES string of the molecule is CC(C)=C1CC[C@H](C)[C@@](C)(COc2ccc3ccc(=O)oc3c2)[C@H]1CCC(=O)O. The van der Waals surface area contributed by atoms with E-state index in [1.807, 2.05) is 12.1 Å². The molecule has 1 N–H and O–H groups in total. The van der Waals surface area contributed by atoms with Gasteiger partial charge >= 0.3 is 11.6 Å². The summed E-state index contributed by atoms with van der Waals surface area (Å²) in [5, 5.41) is 10.1. The van der Waals surface area contributed by atoms with Crippen molar-refractivity contribution in [2.24, 2.45) is 17.3 Å². The zero-order chi connectivity index (χ0) is 21.2. The summed E-state index contributed by atoms with van der Waals surface area (Å²) in [4.78, 5) is 22.8. The van der Waals surface area contributed by atoms with Crippen molar-refractivity contribution in [2.45, 2.75) is 53.4 Å². The number of hydrogen-bond acceptors (Lipinski definition) is 4. The molecule has 5 heteroatoms. The first-order chi connectivity index (χ1) is 13.7. The lowest BCUT2D eigenvalue weighted by atomic mass is 9.58. The molecule has 3 rings (SSSR count). The van der Waals surface area contributed by atoms with E-state index < -0.39 is 5.97 Å². The van der Waals surface area contributed by atoms with Crippen molar-refractivity contribution in [2.75, 3.05) is 6.61 Å². The Bertz CT molecular complexity index is 982. The van der Waals surface area contributed by atoms with Crippen LogP contribution in [0.5, 0.6) is 5.75 Å². The fraction of sp³-hybridized carbons (Fsp3) is 0.500. The number of rotatable bonds is 6. The van der Waals surface area contributed by atoms with E-state index in [2.05, 4.69) is 27.7 Å². The highest BCUT2D eigenvalue weighted by atomic mass is 16.5. The topological polar surface area (TPSA) is 76.7 Å². The van der Waals surface area contributed by atoms with Crippen molar-refractivity contribution in [3.05, 3.63) is 51.9 Å². The number of ether oxygens (including phenoxy) is 1. The number of fused-ring (bicyclic) bond motifs is 1. The fourth-order valence-electron chi connectivity index (χ4n) is 4.60. The van der Waals surface area contributed by atoms with Gasteiger partial charge < -0.3 is 14.3 Å². The molecule has 1 heterocycles. The normalized spacial score (nSPS) is 24.5. The van der Waals surface area contributed by atoms with Gasteiger partial charge in [-0.05, 0) is 63.1 Å². The maximum Gasteiger partial charge on any atom is 0.336 e. The smallest absolute Gasteiger partial charge is 0.336 e. The Morgan fingerprint density at radius 2 is 2.00 bits per heavy atom. The Kier molecular flexibility index (Phi) is 6.15. The molecule has 1 saturated carbocycles. The van der Waals surface area contributed by atoms with Crippen LogP contribution in [0.15, 0.2) is 50.7 Å². The minimum atomic E-state index is -0.760. The number of benzene rings is 1. The summed E-state index contributed by atoms with van der Waals surface area (Å²) in [6, 6.07) is 8.65. The molecule has 1 aromatic carbocycles. The Morgan fingerprint density at radius 1 is 1.28 bits per heavy atom. The van der Waals surface area contributed by atoms with Crippen LogP contribution in [-0.2, 0) is 4.79 Å². The first kappa shape index (κ1) is 21.2. The van der Waals surface area contributed by atoms with Gasteiger partial charge in [0, 0.05) is 29.4 Å². The third kappa shape index (κ3) is 4.55. The first-order valence-electron chi connectivity index (χ1n) is 10.3. The molecule has 0 radical (unpaired) electrons. The molecular weight excluding hydrogens is 368 g/mol. The number of allylic oxidation sites excluding steroid dienone is 2. The Hall–Kier alpha value is -2.56. The van der Waals surface area contributed by atoms with E-state index in [9.17, 15) is 14.7 Å². The number of carboxylic acids is 1. The van der Waals surface area contributed by atoms with E-state index in [0.717, 1.165) is 18.2 Å². The van der Waals surface area contributed by atoms with Gasteiger partial charge in [0.15, 0.2) is 0 Å². The van der Waals surface area contributed by atoms with Gasteiger partial charge in [-0.25, -0.2) is 4.79 Å². The van der Waals surface area contributed by atoms with Gasteiger partial charge in [-0.2, -0.15) is 0 Å². The molecule has 1 aliphatic rings. The predicted molar refractivity (Wildman–Crippen MR) is 113 cm³/mol. The van der Waals surface area contributed by atoms with Gasteiger partial charge in [0.05, 0.1) is 6.61 Å². The summed E-state index contributed by atoms with van der Waals surface area (Å²) in [5.74, 6) is 0.472. The first-order valence-corrected chi connectivity index (χ1v) is 10.3. The van der Waals surface area contributed by atoms with Crippen molar-refractivity contribution in [1.82, 2.24) is 0 Å². The summed E-state index contributed by atoms with van der Waals surface area (Å²) in [7, 11) is 0. The molecule has 0 spiro atoms. The van der Waals surface area contributed by atoms with Gasteiger partial charge in [0.1, 0.15) is 11.3 Å². The standard InChI is InChI=1S/C24H30O5/c1-15(2)19-9-5-16(3)24(4,20(19)10-11-22(25)26)14-28-18-8-6-17-7-12-23(27)29-21(17)13-18/h6-8,12-13,16,20H,5,9-11,14H2,1-4H3,(H,25,26)/t16-,20-,24+/m0/s1. The van der Waals surface area contributed by atoms with Crippen LogP contribution >= 0.6 is 0 Å². The minimum absolute atomic E-state index is 0.158. The molecule has 1 aliphatic carbocycles. The van der Waals surface area contributed by atoms with E-state index in [-0.39, 0.29) is 23.4 Å². The number of aliphatic carboxylic acids is 1. The molecule has 29 heavy (non-hydrogen) atoms. The zero-order valence-corrected chi connectivity index (χ0v) is 17.7. The summed E-state index contributed by atoms with van der Waals surface area (Å²) >= 11 is 0. The average molecular weight is 398 g/mol. The molecule has 156 valence electrons. The second-order valence-corrected chi connectivity index (χ2v) is 8.70. The van der Waals surface area contributed by atoms with E-state index in [1.54, 1.807) is 12.1 Å². The van der Waals surface area contributed by atoms with E-state index in [0.29, 0.717) is 30.3 Å². The summed E-state index contributed by atoms with van der Waals surface area (Å²) in [6.45, 7) is 9.17. The molecular formula is C24H30O5. The van der Waals surface area contributed by atoms with Crippen molar-refractivity contribution < 1.29 is 19.1 Å². The molecule has 0 aliphatic heterocycles. The fourth-order valence-corrected chi connectivity index (χ4v) is 4.60. The molecule has 0 bridgehead atoms. The van der Waals surface area contributed by atoms with Gasteiger partial charge in [-0.1, -0.05) is 25.0 Å². The van der Waals surface area contributed by atoms with Crippen LogP contribution in [0.3, 0.4) is 0 Å². The summed E-state index contributed by atoms with van der Waals surface area (Å²) in [6.07, 6.45) is 2.86. The van der Waals surface area contributed by atoms with E-state index in [4.69, 9.17) is 9.15 Å². The second kappa shape index (κ2) is 8.44. The molecule has 1 fully saturated rings. The highest BCUT2D eigenvalue weighted by Gasteiger charge is 2.45. The molecule has 3 atom stereocenters. The van der Waals surface area contributed by atoms with E-state index in [1.165, 1.54) is 17.2 Å². The Balaban J connectivity index is 1.87. The average Bonchev–Trinajstić information content (AvgIpc) is 2.66. The number of carboxylic acid groups (broad SMARTS) is 1. The molecule has 0 amide bonds. The summed E-state index contributed by atoms with van der Waals surface area (Å²) in [5.41, 5.74) is 2.60. The molecule has 0 unspecified atom stereocenters. The second-order valence-electron chi connectivity index (χ2n) is 8.70. The van der Waals surface area contributed by atoms with Gasteiger partial charge in [-0.3, -0.25) is 4.79 Å². The van der Waals surface area contributed by atoms with Crippen molar-refractivity contribution in [1.29, 1.82) is 0 Å². The molecule has 2 aromatic rings. The number of carbonyl (C=O) groups is 1. The highest BCUT2D eigenvalue weighted by Crippen LogP contribution is 2.51. The number of hydrogen-bond donors (Lipinski definition) is 1. The predicted octanol–water partition coefficient (Wildman–Crippen LogP) is 5.43. The van der Waals surface area contributed by atoms with Crippen molar-refractivity contribution in [3.8, 4) is 5.75 Å². The monoisotopic (exact) mass is 398 g/mol. The maximum absolute atomic E-state index is 11.5. The third-order valence-electron chi connectivity index (χ3n) is 6.62. The van der Waals surface area contributed by atoms with Crippen LogP contribution in [-0.4, -0.2) is 17.7 Å².